The molecule has 2 atom stereocenters. The molecule has 1 aliphatic heterocycles. The van der Waals surface area contributed by atoms with Crippen molar-refractivity contribution in [2.75, 3.05) is 13.2 Å². The quantitative estimate of drug-likeness (QED) is 0.531. The molecule has 1 aromatic carbocycles. The second kappa shape index (κ2) is 10.8. The Morgan fingerprint density at radius 3 is 2.72 bits per heavy atom. The van der Waals surface area contributed by atoms with Gasteiger partial charge in [0.1, 0.15) is 11.5 Å². The number of para-hydroxylation sites is 1. The number of ketones is 1. The standard InChI is InChI=1S/C23H28ClN3O5/c1-15(2)9-20(21(30)10-16-7-8-26(25-16)12-17(29)14-28)27-13-18(11-23(27)31)32-22-6-4-3-5-19(22)24/h3-8,11,15,17,20,28-29H,9-10,12-14H2,1-2H3/t17-,20+/m0/s1. The summed E-state index contributed by atoms with van der Waals surface area (Å²) < 4.78 is 7.29. The first-order valence-electron chi connectivity index (χ1n) is 10.5. The molecule has 1 aromatic heterocycles. The first-order valence-corrected chi connectivity index (χ1v) is 10.9. The highest BCUT2D eigenvalue weighted by atomic mass is 35.5. The van der Waals surface area contributed by atoms with Crippen molar-refractivity contribution in [2.45, 2.75) is 45.4 Å². The fourth-order valence-corrected chi connectivity index (χ4v) is 3.73. The molecule has 32 heavy (non-hydrogen) atoms. The van der Waals surface area contributed by atoms with Gasteiger partial charge in [-0.1, -0.05) is 37.6 Å². The zero-order chi connectivity index (χ0) is 23.3. The second-order valence-electron chi connectivity index (χ2n) is 8.26. The Bertz CT molecular complexity index is 988. The average molecular weight is 462 g/mol. The van der Waals surface area contributed by atoms with Gasteiger partial charge in [-0.2, -0.15) is 5.10 Å². The normalized spacial score (nSPS) is 15.8. The molecular formula is C23H28ClN3O5. The topological polar surface area (TPSA) is 105 Å². The molecule has 0 spiro atoms. The van der Waals surface area contributed by atoms with Crippen LogP contribution in [0.25, 0.3) is 0 Å². The van der Waals surface area contributed by atoms with E-state index in [2.05, 4.69) is 5.10 Å². The van der Waals surface area contributed by atoms with Crippen LogP contribution in [0.5, 0.6) is 5.75 Å². The molecule has 8 nitrogen and oxygen atoms in total. The fourth-order valence-electron chi connectivity index (χ4n) is 3.56. The van der Waals surface area contributed by atoms with E-state index in [0.29, 0.717) is 28.6 Å². The van der Waals surface area contributed by atoms with Crippen LogP contribution in [-0.2, 0) is 22.6 Å². The third-order valence-corrected chi connectivity index (χ3v) is 5.39. The predicted octanol–water partition coefficient (Wildman–Crippen LogP) is 2.22. The highest BCUT2D eigenvalue weighted by Crippen LogP contribution is 2.28. The maximum absolute atomic E-state index is 13.2. The van der Waals surface area contributed by atoms with Gasteiger partial charge < -0.3 is 19.8 Å². The molecule has 1 amide bonds. The predicted molar refractivity (Wildman–Crippen MR) is 119 cm³/mol. The van der Waals surface area contributed by atoms with Crippen LogP contribution in [0.15, 0.2) is 48.4 Å². The van der Waals surface area contributed by atoms with E-state index >= 15 is 0 Å². The van der Waals surface area contributed by atoms with Gasteiger partial charge in [0.25, 0.3) is 5.91 Å². The molecule has 0 fully saturated rings. The van der Waals surface area contributed by atoms with Crippen LogP contribution in [0.2, 0.25) is 5.02 Å². The monoisotopic (exact) mass is 461 g/mol. The van der Waals surface area contributed by atoms with E-state index in [1.165, 1.54) is 15.7 Å². The molecule has 2 aromatic rings. The Morgan fingerprint density at radius 1 is 1.28 bits per heavy atom. The molecule has 0 radical (unpaired) electrons. The van der Waals surface area contributed by atoms with E-state index in [0.717, 1.165) is 0 Å². The van der Waals surface area contributed by atoms with Crippen molar-refractivity contribution in [1.29, 1.82) is 0 Å². The number of rotatable bonds is 11. The number of aromatic nitrogens is 2. The largest absolute Gasteiger partial charge is 0.458 e. The number of carbonyl (C=O) groups is 2. The molecule has 0 bridgehead atoms. The van der Waals surface area contributed by atoms with E-state index in [1.807, 2.05) is 13.8 Å². The Hall–Kier alpha value is -2.68. The minimum atomic E-state index is -0.919. The highest BCUT2D eigenvalue weighted by Gasteiger charge is 2.34. The minimum Gasteiger partial charge on any atom is -0.458 e. The Labute approximate surface area is 192 Å². The maximum atomic E-state index is 13.2. The number of amides is 1. The van der Waals surface area contributed by atoms with Gasteiger partial charge in [0.2, 0.25) is 0 Å². The number of halogens is 1. The lowest BCUT2D eigenvalue weighted by Gasteiger charge is -2.28. The summed E-state index contributed by atoms with van der Waals surface area (Å²) in [6.07, 6.45) is 2.70. The lowest BCUT2D eigenvalue weighted by atomic mass is 9.96. The van der Waals surface area contributed by atoms with E-state index < -0.39 is 12.1 Å². The van der Waals surface area contributed by atoms with Crippen LogP contribution < -0.4 is 4.74 Å². The number of nitrogens with zero attached hydrogens (tertiary/aromatic N) is 3. The Kier molecular flexibility index (Phi) is 8.06. The van der Waals surface area contributed by atoms with E-state index in [4.69, 9.17) is 21.4 Å². The lowest BCUT2D eigenvalue weighted by molar-refractivity contribution is -0.135. The number of benzene rings is 1. The number of ether oxygens (including phenoxy) is 1. The highest BCUT2D eigenvalue weighted by molar-refractivity contribution is 6.32. The summed E-state index contributed by atoms with van der Waals surface area (Å²) in [5.41, 5.74) is 0.543. The number of Topliss-reactive ketones (excluding diaryl/α,β-unsaturated/α-hetero) is 1. The minimum absolute atomic E-state index is 0.0596. The van der Waals surface area contributed by atoms with Crippen molar-refractivity contribution < 1.29 is 24.5 Å². The van der Waals surface area contributed by atoms with Gasteiger partial charge in [0, 0.05) is 12.3 Å². The van der Waals surface area contributed by atoms with Gasteiger partial charge in [-0.05, 0) is 30.5 Å². The molecule has 0 unspecified atom stereocenters. The number of hydrogen-bond donors (Lipinski definition) is 2. The number of hydrogen-bond acceptors (Lipinski definition) is 6. The van der Waals surface area contributed by atoms with Crippen LogP contribution in [0.1, 0.15) is 26.0 Å². The summed E-state index contributed by atoms with van der Waals surface area (Å²) in [4.78, 5) is 27.4. The number of aliphatic hydroxyl groups excluding tert-OH is 2. The molecule has 9 heteroatoms. The number of carbonyl (C=O) groups excluding carboxylic acids is 2. The van der Waals surface area contributed by atoms with Crippen LogP contribution in [-0.4, -0.2) is 61.9 Å². The summed E-state index contributed by atoms with van der Waals surface area (Å²) in [5.74, 6) is 0.696. The third-order valence-electron chi connectivity index (χ3n) is 5.07. The van der Waals surface area contributed by atoms with Crippen LogP contribution in [0, 0.1) is 5.92 Å². The SMILES string of the molecule is CC(C)C[C@H](C(=O)Cc1ccn(C[C@H](O)CO)n1)N1CC(Oc2ccccc2Cl)=CC1=O. The fraction of sp³-hybridized carbons (Fsp3) is 0.435. The van der Waals surface area contributed by atoms with Gasteiger partial charge in [-0.3, -0.25) is 14.3 Å². The molecule has 1 aliphatic rings. The van der Waals surface area contributed by atoms with Gasteiger partial charge in [0.15, 0.2) is 5.78 Å². The summed E-state index contributed by atoms with van der Waals surface area (Å²) in [7, 11) is 0. The average Bonchev–Trinajstić information content (AvgIpc) is 3.33. The van der Waals surface area contributed by atoms with Crippen LogP contribution in [0.3, 0.4) is 0 Å². The zero-order valence-corrected chi connectivity index (χ0v) is 18.9. The summed E-state index contributed by atoms with van der Waals surface area (Å²) >= 11 is 6.15. The molecule has 172 valence electrons. The number of aliphatic hydroxyl groups is 2. The van der Waals surface area contributed by atoms with Gasteiger partial charge in [-0.15, -0.1) is 0 Å². The third kappa shape index (κ3) is 6.18. The summed E-state index contributed by atoms with van der Waals surface area (Å²) in [5, 5.41) is 23.3. The van der Waals surface area contributed by atoms with Crippen molar-refractivity contribution in [3.05, 3.63) is 59.1 Å². The van der Waals surface area contributed by atoms with Crippen molar-refractivity contribution in [2.24, 2.45) is 5.92 Å². The lowest BCUT2D eigenvalue weighted by Crippen LogP contribution is -2.44. The smallest absolute Gasteiger partial charge is 0.251 e. The van der Waals surface area contributed by atoms with Crippen LogP contribution >= 0.6 is 11.6 Å². The van der Waals surface area contributed by atoms with Crippen molar-refractivity contribution >= 4 is 23.3 Å². The summed E-state index contributed by atoms with van der Waals surface area (Å²) in [6, 6.07) is 8.09. The molecule has 3 rings (SSSR count). The van der Waals surface area contributed by atoms with E-state index in [1.54, 1.807) is 36.5 Å². The van der Waals surface area contributed by atoms with Crippen molar-refractivity contribution in [3.63, 3.8) is 0 Å². The molecule has 2 N–H and O–H groups in total. The maximum Gasteiger partial charge on any atom is 0.251 e. The van der Waals surface area contributed by atoms with Gasteiger partial charge in [-0.25, -0.2) is 0 Å². The zero-order valence-electron chi connectivity index (χ0n) is 18.1. The molecule has 0 aliphatic carbocycles. The first kappa shape index (κ1) is 24.0. The second-order valence-corrected chi connectivity index (χ2v) is 8.67. The van der Waals surface area contributed by atoms with Crippen molar-refractivity contribution in [3.8, 4) is 5.75 Å². The molecule has 2 heterocycles. The van der Waals surface area contributed by atoms with Gasteiger partial charge >= 0.3 is 0 Å². The summed E-state index contributed by atoms with van der Waals surface area (Å²) in [6.45, 7) is 3.95. The Balaban J connectivity index is 1.69. The van der Waals surface area contributed by atoms with E-state index in [9.17, 15) is 14.7 Å². The molecule has 0 saturated carbocycles. The first-order chi connectivity index (χ1) is 15.3. The van der Waals surface area contributed by atoms with Gasteiger partial charge in [0.05, 0.1) is 49.0 Å². The molecule has 0 saturated heterocycles. The van der Waals surface area contributed by atoms with Crippen molar-refractivity contribution in [1.82, 2.24) is 14.7 Å². The molecular weight excluding hydrogens is 434 g/mol. The van der Waals surface area contributed by atoms with Crippen LogP contribution in [0.4, 0.5) is 0 Å². The van der Waals surface area contributed by atoms with E-state index in [-0.39, 0.29) is 43.7 Å². The Morgan fingerprint density at radius 2 is 2.03 bits per heavy atom.